The van der Waals surface area contributed by atoms with E-state index in [9.17, 15) is 4.79 Å². The number of rotatable bonds is 4. The Morgan fingerprint density at radius 2 is 2.26 bits per heavy atom. The molecule has 0 aliphatic carbocycles. The van der Waals surface area contributed by atoms with Gasteiger partial charge in [-0.15, -0.1) is 0 Å². The second-order valence-electron chi connectivity index (χ2n) is 5.42. The lowest BCUT2D eigenvalue weighted by Crippen LogP contribution is -2.35. The van der Waals surface area contributed by atoms with Gasteiger partial charge in [0.2, 0.25) is 0 Å². The summed E-state index contributed by atoms with van der Waals surface area (Å²) in [5, 5.41) is 3.38. The van der Waals surface area contributed by atoms with Gasteiger partial charge >= 0.3 is 0 Å². The van der Waals surface area contributed by atoms with Crippen molar-refractivity contribution < 1.29 is 4.79 Å². The third kappa shape index (κ3) is 2.91. The molecule has 0 radical (unpaired) electrons. The van der Waals surface area contributed by atoms with Crippen molar-refractivity contribution in [3.63, 3.8) is 0 Å². The zero-order valence-corrected chi connectivity index (χ0v) is 12.2. The summed E-state index contributed by atoms with van der Waals surface area (Å²) in [6.07, 6.45) is 4.26. The van der Waals surface area contributed by atoms with Crippen molar-refractivity contribution in [3.05, 3.63) is 29.3 Å². The van der Waals surface area contributed by atoms with Crippen molar-refractivity contribution in [1.82, 2.24) is 4.90 Å². The molecular weight excluding hydrogens is 236 g/mol. The van der Waals surface area contributed by atoms with Crippen LogP contribution in [0.5, 0.6) is 0 Å². The van der Waals surface area contributed by atoms with E-state index < -0.39 is 0 Å². The Hall–Kier alpha value is -1.51. The van der Waals surface area contributed by atoms with E-state index in [2.05, 4.69) is 25.2 Å². The van der Waals surface area contributed by atoms with Crippen molar-refractivity contribution in [2.24, 2.45) is 0 Å². The van der Waals surface area contributed by atoms with Gasteiger partial charge in [0.15, 0.2) is 0 Å². The molecule has 19 heavy (non-hydrogen) atoms. The number of anilines is 1. The van der Waals surface area contributed by atoms with Crippen LogP contribution in [0.1, 0.15) is 49.0 Å². The molecule has 2 rings (SSSR count). The predicted octanol–water partition coefficient (Wildman–Crippen LogP) is 3.31. The number of nitrogens with one attached hydrogen (secondary N) is 1. The Bertz CT molecular complexity index is 456. The quantitative estimate of drug-likeness (QED) is 0.901. The molecule has 3 nitrogen and oxygen atoms in total. The van der Waals surface area contributed by atoms with Crippen LogP contribution in [0.3, 0.4) is 0 Å². The maximum Gasteiger partial charge on any atom is 0.254 e. The van der Waals surface area contributed by atoms with Crippen LogP contribution in [0.4, 0.5) is 5.69 Å². The van der Waals surface area contributed by atoms with Gasteiger partial charge in [-0.25, -0.2) is 0 Å². The highest BCUT2D eigenvalue weighted by Crippen LogP contribution is 2.26. The van der Waals surface area contributed by atoms with Gasteiger partial charge in [0.25, 0.3) is 5.91 Å². The highest BCUT2D eigenvalue weighted by molar-refractivity contribution is 5.97. The number of amides is 1. The van der Waals surface area contributed by atoms with Crippen molar-refractivity contribution in [1.29, 1.82) is 0 Å². The van der Waals surface area contributed by atoms with E-state index >= 15 is 0 Å². The van der Waals surface area contributed by atoms with Crippen LogP contribution >= 0.6 is 0 Å². The number of nitrogens with zero attached hydrogens (tertiary/aromatic N) is 1. The molecule has 1 aliphatic heterocycles. The van der Waals surface area contributed by atoms with Gasteiger partial charge in [-0.2, -0.15) is 0 Å². The smallest absolute Gasteiger partial charge is 0.254 e. The predicted molar refractivity (Wildman–Crippen MR) is 79.7 cm³/mol. The van der Waals surface area contributed by atoms with Crippen LogP contribution in [0.25, 0.3) is 0 Å². The fourth-order valence-corrected chi connectivity index (χ4v) is 2.71. The van der Waals surface area contributed by atoms with Crippen LogP contribution in [0.2, 0.25) is 0 Å². The molecule has 0 aromatic heterocycles. The SMILES string of the molecule is CCCC(C)N(C)C(=O)c1cccc2c1CCCN2. The number of fused-ring (bicyclic) bond motifs is 1. The average molecular weight is 260 g/mol. The molecule has 1 atom stereocenters. The van der Waals surface area contributed by atoms with E-state index in [1.165, 1.54) is 5.56 Å². The molecule has 1 aromatic rings. The third-order valence-electron chi connectivity index (χ3n) is 4.01. The topological polar surface area (TPSA) is 32.3 Å². The average Bonchev–Trinajstić information content (AvgIpc) is 2.45. The highest BCUT2D eigenvalue weighted by Gasteiger charge is 2.22. The van der Waals surface area contributed by atoms with E-state index in [-0.39, 0.29) is 5.91 Å². The minimum Gasteiger partial charge on any atom is -0.385 e. The molecule has 0 saturated heterocycles. The maximum absolute atomic E-state index is 12.6. The van der Waals surface area contributed by atoms with Crippen molar-refractivity contribution in [2.45, 2.75) is 45.6 Å². The Balaban J connectivity index is 2.24. The minimum absolute atomic E-state index is 0.154. The molecule has 1 aliphatic rings. The van der Waals surface area contributed by atoms with Crippen LogP contribution in [0, 0.1) is 0 Å². The second kappa shape index (κ2) is 6.09. The summed E-state index contributed by atoms with van der Waals surface area (Å²) in [5.41, 5.74) is 3.19. The van der Waals surface area contributed by atoms with Crippen molar-refractivity contribution >= 4 is 11.6 Å². The van der Waals surface area contributed by atoms with Crippen LogP contribution in [0.15, 0.2) is 18.2 Å². The fraction of sp³-hybridized carbons (Fsp3) is 0.562. The molecule has 1 amide bonds. The Morgan fingerprint density at radius 3 is 3.00 bits per heavy atom. The molecule has 0 saturated carbocycles. The van der Waals surface area contributed by atoms with E-state index in [0.29, 0.717) is 6.04 Å². The summed E-state index contributed by atoms with van der Waals surface area (Å²) < 4.78 is 0. The monoisotopic (exact) mass is 260 g/mol. The molecule has 3 heteroatoms. The summed E-state index contributed by atoms with van der Waals surface area (Å²) in [6, 6.07) is 6.30. The number of carbonyl (C=O) groups excluding carboxylic acids is 1. The van der Waals surface area contributed by atoms with Gasteiger partial charge in [0, 0.05) is 30.9 Å². The molecule has 104 valence electrons. The first-order valence-corrected chi connectivity index (χ1v) is 7.28. The zero-order valence-electron chi connectivity index (χ0n) is 12.2. The zero-order chi connectivity index (χ0) is 13.8. The molecule has 1 heterocycles. The fourth-order valence-electron chi connectivity index (χ4n) is 2.71. The first-order valence-electron chi connectivity index (χ1n) is 7.28. The lowest BCUT2D eigenvalue weighted by molar-refractivity contribution is 0.0735. The number of carbonyl (C=O) groups is 1. The van der Waals surface area contributed by atoms with Crippen LogP contribution in [-0.2, 0) is 6.42 Å². The van der Waals surface area contributed by atoms with E-state index in [0.717, 1.165) is 43.5 Å². The van der Waals surface area contributed by atoms with Gasteiger partial charge in [0.05, 0.1) is 0 Å². The largest absolute Gasteiger partial charge is 0.385 e. The van der Waals surface area contributed by atoms with Gasteiger partial charge in [-0.05, 0) is 43.9 Å². The number of hydrogen-bond acceptors (Lipinski definition) is 2. The second-order valence-corrected chi connectivity index (χ2v) is 5.42. The summed E-state index contributed by atoms with van der Waals surface area (Å²) in [4.78, 5) is 14.5. The first kappa shape index (κ1) is 13.9. The molecule has 0 spiro atoms. The molecule has 1 unspecified atom stereocenters. The molecule has 1 aromatic carbocycles. The van der Waals surface area contributed by atoms with Gasteiger partial charge < -0.3 is 10.2 Å². The minimum atomic E-state index is 0.154. The standard InChI is InChI=1S/C16H24N2O/c1-4-7-12(2)18(3)16(19)14-8-5-10-15-13(14)9-6-11-17-15/h5,8,10,12,17H,4,6-7,9,11H2,1-3H3. The Kier molecular flexibility index (Phi) is 4.46. The summed E-state index contributed by atoms with van der Waals surface area (Å²) in [6.45, 7) is 5.28. The maximum atomic E-state index is 12.6. The van der Waals surface area contributed by atoms with Crippen LogP contribution in [-0.4, -0.2) is 30.4 Å². The first-order chi connectivity index (χ1) is 9.15. The van der Waals surface area contributed by atoms with Crippen molar-refractivity contribution in [3.8, 4) is 0 Å². The molecular formula is C16H24N2O. The summed E-state index contributed by atoms with van der Waals surface area (Å²) in [5.74, 6) is 0.154. The summed E-state index contributed by atoms with van der Waals surface area (Å²) >= 11 is 0. The van der Waals surface area contributed by atoms with E-state index in [4.69, 9.17) is 0 Å². The van der Waals surface area contributed by atoms with Gasteiger partial charge in [-0.1, -0.05) is 19.4 Å². The molecule has 1 N–H and O–H groups in total. The lowest BCUT2D eigenvalue weighted by atomic mass is 9.96. The Morgan fingerprint density at radius 1 is 1.47 bits per heavy atom. The van der Waals surface area contributed by atoms with Crippen molar-refractivity contribution in [2.75, 3.05) is 18.9 Å². The van der Waals surface area contributed by atoms with Crippen LogP contribution < -0.4 is 5.32 Å². The summed E-state index contributed by atoms with van der Waals surface area (Å²) in [7, 11) is 1.91. The molecule has 0 bridgehead atoms. The van der Waals surface area contributed by atoms with E-state index in [1.54, 1.807) is 0 Å². The third-order valence-corrected chi connectivity index (χ3v) is 4.01. The van der Waals surface area contributed by atoms with E-state index in [1.807, 2.05) is 24.1 Å². The molecule has 0 fully saturated rings. The Labute approximate surface area is 116 Å². The van der Waals surface area contributed by atoms with Gasteiger partial charge in [-0.3, -0.25) is 4.79 Å². The highest BCUT2D eigenvalue weighted by atomic mass is 16.2. The number of hydrogen-bond donors (Lipinski definition) is 1. The normalized spacial score (nSPS) is 15.3. The number of benzene rings is 1. The van der Waals surface area contributed by atoms with Gasteiger partial charge in [0.1, 0.15) is 0 Å². The lowest BCUT2D eigenvalue weighted by Gasteiger charge is -2.27.